The van der Waals surface area contributed by atoms with Gasteiger partial charge in [-0.15, -0.1) is 0 Å². The second-order valence-corrected chi connectivity index (χ2v) is 4.24. The summed E-state index contributed by atoms with van der Waals surface area (Å²) >= 11 is 0. The van der Waals surface area contributed by atoms with E-state index < -0.39 is 11.7 Å². The van der Waals surface area contributed by atoms with E-state index in [1.165, 1.54) is 12.1 Å². The number of halogens is 3. The maximum Gasteiger partial charge on any atom is 0.416 e. The van der Waals surface area contributed by atoms with Crippen molar-refractivity contribution in [3.63, 3.8) is 0 Å². The lowest BCUT2D eigenvalue weighted by Crippen LogP contribution is -2.05. The van der Waals surface area contributed by atoms with E-state index in [4.69, 9.17) is 0 Å². The molecule has 0 bridgehead atoms. The van der Waals surface area contributed by atoms with Crippen molar-refractivity contribution in [1.82, 2.24) is 0 Å². The second-order valence-electron chi connectivity index (χ2n) is 4.24. The van der Waals surface area contributed by atoms with Gasteiger partial charge in [-0.1, -0.05) is 24.3 Å². The zero-order valence-corrected chi connectivity index (χ0v) is 10.1. The molecule has 0 saturated carbocycles. The van der Waals surface area contributed by atoms with E-state index in [1.807, 2.05) is 19.9 Å². The minimum atomic E-state index is -4.31. The van der Waals surface area contributed by atoms with Gasteiger partial charge in [-0.25, -0.2) is 0 Å². The van der Waals surface area contributed by atoms with Crippen molar-refractivity contribution >= 4 is 0 Å². The number of benzene rings is 2. The smallest absolute Gasteiger partial charge is 0.166 e. The van der Waals surface area contributed by atoms with Gasteiger partial charge in [-0.3, -0.25) is 0 Å². The van der Waals surface area contributed by atoms with Crippen molar-refractivity contribution in [3.05, 3.63) is 59.2 Å². The van der Waals surface area contributed by atoms with Gasteiger partial charge in [0, 0.05) is 0 Å². The molecule has 93 valence electrons. The number of rotatable bonds is 1. The van der Waals surface area contributed by atoms with Gasteiger partial charge in [-0.05, 0) is 54.3 Å². The van der Waals surface area contributed by atoms with Gasteiger partial charge in [0.25, 0.3) is 0 Å². The van der Waals surface area contributed by atoms with Crippen molar-refractivity contribution in [1.29, 1.82) is 0 Å². The molecule has 0 fully saturated rings. The minimum absolute atomic E-state index is 0.610. The lowest BCUT2D eigenvalue weighted by atomic mass is 9.95. The van der Waals surface area contributed by atoms with Crippen molar-refractivity contribution in [2.75, 3.05) is 0 Å². The maximum absolute atomic E-state index is 12.7. The zero-order chi connectivity index (χ0) is 13.3. The molecule has 0 aliphatic carbocycles. The van der Waals surface area contributed by atoms with E-state index >= 15 is 0 Å². The van der Waals surface area contributed by atoms with E-state index in [1.54, 1.807) is 12.1 Å². The van der Waals surface area contributed by atoms with Gasteiger partial charge in [0.2, 0.25) is 0 Å². The Hall–Kier alpha value is -1.77. The van der Waals surface area contributed by atoms with Crippen LogP contribution in [0.15, 0.2) is 36.4 Å². The number of hydrogen-bond acceptors (Lipinski definition) is 0. The zero-order valence-electron chi connectivity index (χ0n) is 10.1. The van der Waals surface area contributed by atoms with E-state index in [9.17, 15) is 13.2 Å². The fraction of sp³-hybridized carbons (Fsp3) is 0.200. The maximum atomic E-state index is 12.7. The van der Waals surface area contributed by atoms with E-state index in [0.29, 0.717) is 5.56 Å². The van der Waals surface area contributed by atoms with E-state index in [-0.39, 0.29) is 0 Å². The largest absolute Gasteiger partial charge is 0.416 e. The first-order valence-electron chi connectivity index (χ1n) is 5.55. The van der Waals surface area contributed by atoms with Crippen LogP contribution in [0.2, 0.25) is 0 Å². The molecule has 0 spiro atoms. The molecule has 0 nitrogen and oxygen atoms in total. The fourth-order valence-electron chi connectivity index (χ4n) is 1.90. The van der Waals surface area contributed by atoms with E-state index in [0.717, 1.165) is 22.8 Å². The summed E-state index contributed by atoms with van der Waals surface area (Å²) < 4.78 is 38.1. The highest BCUT2D eigenvalue weighted by Crippen LogP contribution is 2.34. The summed E-state index contributed by atoms with van der Waals surface area (Å²) in [5, 5.41) is 0. The molecule has 0 amide bonds. The number of aryl methyl sites for hydroxylation is 2. The summed E-state index contributed by atoms with van der Waals surface area (Å²) in [6.07, 6.45) is -4.31. The molecule has 0 unspecified atom stereocenters. The first-order chi connectivity index (χ1) is 8.39. The van der Waals surface area contributed by atoms with Gasteiger partial charge < -0.3 is 0 Å². The molecule has 2 aromatic carbocycles. The van der Waals surface area contributed by atoms with Gasteiger partial charge >= 0.3 is 6.18 Å². The van der Waals surface area contributed by atoms with Crippen molar-refractivity contribution in [2.24, 2.45) is 0 Å². The molecule has 0 aliphatic heterocycles. The second kappa shape index (κ2) is 4.48. The third-order valence-electron chi connectivity index (χ3n) is 2.92. The highest BCUT2D eigenvalue weighted by molar-refractivity contribution is 5.70. The fourth-order valence-corrected chi connectivity index (χ4v) is 1.90. The first kappa shape index (κ1) is 12.7. The lowest BCUT2D eigenvalue weighted by Gasteiger charge is -2.13. The van der Waals surface area contributed by atoms with Crippen LogP contribution in [-0.4, -0.2) is 0 Å². The Morgan fingerprint density at radius 1 is 1.00 bits per heavy atom. The van der Waals surface area contributed by atoms with Crippen molar-refractivity contribution in [2.45, 2.75) is 20.0 Å². The third kappa shape index (κ3) is 2.40. The molecule has 0 atom stereocenters. The predicted molar refractivity (Wildman–Crippen MR) is 65.2 cm³/mol. The van der Waals surface area contributed by atoms with Crippen molar-refractivity contribution < 1.29 is 13.2 Å². The SMILES string of the molecule is Cc1[c]cccc1-c1cc(C(F)(F)F)ccc1C. The first-order valence-corrected chi connectivity index (χ1v) is 5.55. The molecular weight excluding hydrogens is 237 g/mol. The quantitative estimate of drug-likeness (QED) is 0.681. The van der Waals surface area contributed by atoms with Crippen LogP contribution in [0, 0.1) is 19.9 Å². The summed E-state index contributed by atoms with van der Waals surface area (Å²) in [5.74, 6) is 0. The normalized spacial score (nSPS) is 11.6. The molecule has 0 aliphatic rings. The standard InChI is InChI=1S/C15H12F3/c1-10-5-3-4-6-13(10)14-9-12(15(16,17)18)8-7-11(14)2/h3-4,6-9H,1-2H3. The van der Waals surface area contributed by atoms with Crippen LogP contribution in [0.25, 0.3) is 11.1 Å². The highest BCUT2D eigenvalue weighted by atomic mass is 19.4. The van der Waals surface area contributed by atoms with Gasteiger partial charge in [0.15, 0.2) is 0 Å². The molecule has 0 heterocycles. The molecule has 18 heavy (non-hydrogen) atoms. The molecular formula is C15H12F3. The van der Waals surface area contributed by atoms with Crippen LogP contribution in [0.3, 0.4) is 0 Å². The van der Waals surface area contributed by atoms with Crippen LogP contribution < -0.4 is 0 Å². The Labute approximate surface area is 104 Å². The number of hydrogen-bond donors (Lipinski definition) is 0. The number of alkyl halides is 3. The third-order valence-corrected chi connectivity index (χ3v) is 2.92. The summed E-state index contributed by atoms with van der Waals surface area (Å²) in [5.41, 5.74) is 2.46. The molecule has 1 radical (unpaired) electrons. The Morgan fingerprint density at radius 3 is 2.33 bits per heavy atom. The molecule has 3 heteroatoms. The van der Waals surface area contributed by atoms with Crippen molar-refractivity contribution in [3.8, 4) is 11.1 Å². The molecule has 2 rings (SSSR count). The van der Waals surface area contributed by atoms with Crippen LogP contribution in [0.4, 0.5) is 13.2 Å². The van der Waals surface area contributed by atoms with Crippen LogP contribution in [0.1, 0.15) is 16.7 Å². The van der Waals surface area contributed by atoms with E-state index in [2.05, 4.69) is 6.07 Å². The average molecular weight is 249 g/mol. The van der Waals surface area contributed by atoms with Crippen LogP contribution in [0.5, 0.6) is 0 Å². The van der Waals surface area contributed by atoms with Gasteiger partial charge in [0.1, 0.15) is 0 Å². The topological polar surface area (TPSA) is 0 Å². The summed E-state index contributed by atoms with van der Waals surface area (Å²) in [4.78, 5) is 0. The Bertz CT molecular complexity index is 568. The Balaban J connectivity index is 2.61. The highest BCUT2D eigenvalue weighted by Gasteiger charge is 2.30. The van der Waals surface area contributed by atoms with Crippen LogP contribution >= 0.6 is 0 Å². The molecule has 0 aromatic heterocycles. The summed E-state index contributed by atoms with van der Waals surface area (Å²) in [7, 11) is 0. The average Bonchev–Trinajstić information content (AvgIpc) is 2.29. The summed E-state index contributed by atoms with van der Waals surface area (Å²) in [6, 6.07) is 12.2. The Kier molecular flexibility index (Phi) is 3.16. The summed E-state index contributed by atoms with van der Waals surface area (Å²) in [6.45, 7) is 3.65. The van der Waals surface area contributed by atoms with Gasteiger partial charge in [-0.2, -0.15) is 13.2 Å². The Morgan fingerprint density at radius 2 is 1.72 bits per heavy atom. The lowest BCUT2D eigenvalue weighted by molar-refractivity contribution is -0.137. The van der Waals surface area contributed by atoms with Crippen LogP contribution in [-0.2, 0) is 6.18 Å². The van der Waals surface area contributed by atoms with Gasteiger partial charge in [0.05, 0.1) is 5.56 Å². The monoisotopic (exact) mass is 249 g/mol. The molecule has 0 saturated heterocycles. The minimum Gasteiger partial charge on any atom is -0.166 e. The predicted octanol–water partition coefficient (Wildman–Crippen LogP) is 4.79. The molecule has 2 aromatic rings. The molecule has 0 N–H and O–H groups in total.